The first-order valence-corrected chi connectivity index (χ1v) is 8.59. The van der Waals surface area contributed by atoms with E-state index in [-0.39, 0.29) is 5.78 Å². The minimum absolute atomic E-state index is 0.106. The van der Waals surface area contributed by atoms with Gasteiger partial charge in [-0.1, -0.05) is 18.2 Å². The highest BCUT2D eigenvalue weighted by atomic mass is 16.5. The van der Waals surface area contributed by atoms with Crippen molar-refractivity contribution in [3.63, 3.8) is 0 Å². The van der Waals surface area contributed by atoms with Gasteiger partial charge in [0, 0.05) is 34.8 Å². The Morgan fingerprint density at radius 2 is 1.74 bits per heavy atom. The molecule has 0 aliphatic rings. The van der Waals surface area contributed by atoms with E-state index in [1.54, 1.807) is 12.1 Å². The fraction of sp³-hybridized carbons (Fsp3) is 0.227. The molecule has 5 nitrogen and oxygen atoms in total. The normalized spacial score (nSPS) is 10.7. The highest BCUT2D eigenvalue weighted by Crippen LogP contribution is 2.39. The monoisotopic (exact) mass is 365 g/mol. The second-order valence-corrected chi connectivity index (χ2v) is 6.25. The lowest BCUT2D eigenvalue weighted by Crippen LogP contribution is -2.04. The van der Waals surface area contributed by atoms with Gasteiger partial charge in [-0.2, -0.15) is 0 Å². The summed E-state index contributed by atoms with van der Waals surface area (Å²) < 4.78 is 18.1. The summed E-state index contributed by atoms with van der Waals surface area (Å²) in [6.45, 7) is 6.47. The van der Waals surface area contributed by atoms with E-state index in [0.717, 1.165) is 16.5 Å². The van der Waals surface area contributed by atoms with E-state index in [1.807, 2.05) is 35.9 Å². The van der Waals surface area contributed by atoms with Gasteiger partial charge in [0.05, 0.1) is 21.3 Å². The topological polar surface area (TPSA) is 49.7 Å². The smallest absolute Gasteiger partial charge is 0.203 e. The van der Waals surface area contributed by atoms with Crippen LogP contribution in [0.4, 0.5) is 0 Å². The summed E-state index contributed by atoms with van der Waals surface area (Å²) in [5, 5.41) is 0.904. The van der Waals surface area contributed by atoms with E-state index in [0.29, 0.717) is 34.9 Å². The fourth-order valence-corrected chi connectivity index (χ4v) is 3.24. The fourth-order valence-electron chi connectivity index (χ4n) is 3.24. The quantitative estimate of drug-likeness (QED) is 0.460. The van der Waals surface area contributed by atoms with E-state index in [9.17, 15) is 4.79 Å². The van der Waals surface area contributed by atoms with Crippen molar-refractivity contribution in [1.29, 1.82) is 0 Å². The molecule has 1 heterocycles. The molecule has 0 atom stereocenters. The van der Waals surface area contributed by atoms with Crippen LogP contribution in [0, 0.1) is 6.92 Å². The molecule has 0 aliphatic heterocycles. The lowest BCUT2D eigenvalue weighted by Gasteiger charge is -2.13. The number of carbonyl (C=O) groups is 1. The van der Waals surface area contributed by atoms with E-state index in [4.69, 9.17) is 14.2 Å². The van der Waals surface area contributed by atoms with Crippen LogP contribution in [-0.4, -0.2) is 31.7 Å². The largest absolute Gasteiger partial charge is 0.493 e. The number of hydrogen-bond donors (Lipinski definition) is 0. The van der Waals surface area contributed by atoms with Gasteiger partial charge in [-0.3, -0.25) is 4.79 Å². The highest BCUT2D eigenvalue weighted by molar-refractivity contribution is 6.17. The van der Waals surface area contributed by atoms with Crippen LogP contribution in [0.2, 0.25) is 0 Å². The van der Waals surface area contributed by atoms with Crippen LogP contribution in [0.15, 0.2) is 49.2 Å². The third-order valence-corrected chi connectivity index (χ3v) is 4.54. The Hall–Kier alpha value is -3.21. The van der Waals surface area contributed by atoms with Crippen molar-refractivity contribution in [1.82, 2.24) is 4.57 Å². The SMILES string of the molecule is C=CCn1cc(C(=O)c2cc(OC)c(OC)c(OC)c2)c2ccc(C)cc21. The number of carbonyl (C=O) groups excluding carboxylic acids is 1. The van der Waals surface area contributed by atoms with E-state index >= 15 is 0 Å². The minimum atomic E-state index is -0.106. The van der Waals surface area contributed by atoms with Crippen molar-refractivity contribution < 1.29 is 19.0 Å². The lowest BCUT2D eigenvalue weighted by molar-refractivity contribution is 0.103. The van der Waals surface area contributed by atoms with Crippen LogP contribution in [0.1, 0.15) is 21.5 Å². The second-order valence-electron chi connectivity index (χ2n) is 6.25. The minimum Gasteiger partial charge on any atom is -0.493 e. The maximum absolute atomic E-state index is 13.3. The molecule has 0 saturated heterocycles. The van der Waals surface area contributed by atoms with E-state index < -0.39 is 0 Å². The molecule has 0 spiro atoms. The average Bonchev–Trinajstić information content (AvgIpc) is 3.04. The Morgan fingerprint density at radius 1 is 1.07 bits per heavy atom. The number of hydrogen-bond acceptors (Lipinski definition) is 4. The van der Waals surface area contributed by atoms with Gasteiger partial charge in [0.25, 0.3) is 0 Å². The number of methoxy groups -OCH3 is 3. The number of rotatable bonds is 7. The van der Waals surface area contributed by atoms with Gasteiger partial charge in [0.15, 0.2) is 17.3 Å². The summed E-state index contributed by atoms with van der Waals surface area (Å²) in [7, 11) is 4.60. The molecule has 0 radical (unpaired) electrons. The van der Waals surface area contributed by atoms with Crippen LogP contribution in [0.3, 0.4) is 0 Å². The molecule has 3 rings (SSSR count). The van der Waals surface area contributed by atoms with E-state index in [1.165, 1.54) is 21.3 Å². The van der Waals surface area contributed by atoms with Gasteiger partial charge in [0.1, 0.15) is 0 Å². The maximum Gasteiger partial charge on any atom is 0.203 e. The summed E-state index contributed by atoms with van der Waals surface area (Å²) in [6, 6.07) is 9.41. The van der Waals surface area contributed by atoms with Crippen LogP contribution < -0.4 is 14.2 Å². The highest BCUT2D eigenvalue weighted by Gasteiger charge is 2.21. The van der Waals surface area contributed by atoms with E-state index in [2.05, 4.69) is 12.6 Å². The Bertz CT molecular complexity index is 992. The van der Waals surface area contributed by atoms with Crippen molar-refractivity contribution >= 4 is 16.7 Å². The molecule has 27 heavy (non-hydrogen) atoms. The van der Waals surface area contributed by atoms with Gasteiger partial charge in [0.2, 0.25) is 5.75 Å². The third kappa shape index (κ3) is 3.28. The Morgan fingerprint density at radius 3 is 2.30 bits per heavy atom. The molecule has 1 aromatic heterocycles. The first-order chi connectivity index (χ1) is 13.0. The maximum atomic E-state index is 13.3. The summed E-state index contributed by atoms with van der Waals surface area (Å²) in [5.41, 5.74) is 3.24. The molecular weight excluding hydrogens is 342 g/mol. The first-order valence-electron chi connectivity index (χ1n) is 8.59. The van der Waals surface area contributed by atoms with Crippen LogP contribution >= 0.6 is 0 Å². The number of benzene rings is 2. The molecule has 0 saturated carbocycles. The molecule has 0 N–H and O–H groups in total. The Labute approximate surface area is 158 Å². The van der Waals surface area contributed by atoms with Gasteiger partial charge in [-0.25, -0.2) is 0 Å². The first kappa shape index (κ1) is 18.6. The zero-order valence-electron chi connectivity index (χ0n) is 16.0. The predicted octanol–water partition coefficient (Wildman–Crippen LogP) is 4.39. The van der Waals surface area contributed by atoms with Crippen LogP contribution in [0.25, 0.3) is 10.9 Å². The standard InChI is InChI=1S/C22H23NO4/c1-6-9-23-13-17(16-8-7-14(2)10-18(16)23)21(24)15-11-19(25-3)22(27-5)20(12-15)26-4/h6-8,10-13H,1,9H2,2-5H3. The zero-order valence-corrected chi connectivity index (χ0v) is 16.0. The van der Waals surface area contributed by atoms with Gasteiger partial charge >= 0.3 is 0 Å². The molecule has 5 heteroatoms. The number of aryl methyl sites for hydroxylation is 1. The summed E-state index contributed by atoms with van der Waals surface area (Å²) >= 11 is 0. The van der Waals surface area contributed by atoms with Gasteiger partial charge < -0.3 is 18.8 Å². The average molecular weight is 365 g/mol. The Kier molecular flexibility index (Phi) is 5.21. The molecule has 0 amide bonds. The summed E-state index contributed by atoms with van der Waals surface area (Å²) in [5.74, 6) is 1.25. The summed E-state index contributed by atoms with van der Waals surface area (Å²) in [4.78, 5) is 13.3. The molecule has 2 aromatic carbocycles. The number of nitrogens with zero attached hydrogens (tertiary/aromatic N) is 1. The molecule has 0 fully saturated rings. The van der Waals surface area contributed by atoms with Crippen LogP contribution in [-0.2, 0) is 6.54 Å². The Balaban J connectivity index is 2.18. The number of fused-ring (bicyclic) bond motifs is 1. The van der Waals surface area contributed by atoms with Crippen molar-refractivity contribution in [3.05, 3.63) is 65.9 Å². The van der Waals surface area contributed by atoms with Crippen molar-refractivity contribution in [2.45, 2.75) is 13.5 Å². The molecule has 0 aliphatic carbocycles. The third-order valence-electron chi connectivity index (χ3n) is 4.54. The van der Waals surface area contributed by atoms with Crippen molar-refractivity contribution in [2.24, 2.45) is 0 Å². The molecular formula is C22H23NO4. The second kappa shape index (κ2) is 7.58. The zero-order chi connectivity index (χ0) is 19.6. The number of aromatic nitrogens is 1. The molecule has 3 aromatic rings. The molecule has 0 bridgehead atoms. The van der Waals surface area contributed by atoms with Gasteiger partial charge in [-0.05, 0) is 30.7 Å². The number of allylic oxidation sites excluding steroid dienone is 1. The molecule has 140 valence electrons. The number of ketones is 1. The predicted molar refractivity (Wildman–Crippen MR) is 106 cm³/mol. The summed E-state index contributed by atoms with van der Waals surface area (Å²) in [6.07, 6.45) is 3.69. The lowest BCUT2D eigenvalue weighted by atomic mass is 10.0. The molecule has 0 unspecified atom stereocenters. The van der Waals surface area contributed by atoms with Gasteiger partial charge in [-0.15, -0.1) is 6.58 Å². The van der Waals surface area contributed by atoms with Crippen molar-refractivity contribution in [3.8, 4) is 17.2 Å². The van der Waals surface area contributed by atoms with Crippen LogP contribution in [0.5, 0.6) is 17.2 Å². The number of ether oxygens (including phenoxy) is 3. The van der Waals surface area contributed by atoms with Crippen molar-refractivity contribution in [2.75, 3.05) is 21.3 Å².